The van der Waals surface area contributed by atoms with Crippen LogP contribution in [0.5, 0.6) is 0 Å². The lowest BCUT2D eigenvalue weighted by molar-refractivity contribution is 0.0469. The van der Waals surface area contributed by atoms with E-state index in [1.165, 1.54) is 0 Å². The van der Waals surface area contributed by atoms with Crippen LogP contribution >= 0.6 is 0 Å². The number of carbonyl (C=O) groups excluding carboxylic acids is 1. The lowest BCUT2D eigenvalue weighted by Gasteiger charge is -2.00. The minimum atomic E-state index is -0.307. The summed E-state index contributed by atoms with van der Waals surface area (Å²) in [7, 11) is 0. The maximum atomic E-state index is 11.5. The molecule has 0 radical (unpaired) electrons. The Labute approximate surface area is 75.9 Å². The molecule has 4 nitrogen and oxygen atoms in total. The van der Waals surface area contributed by atoms with E-state index >= 15 is 0 Å². The van der Waals surface area contributed by atoms with Crippen molar-refractivity contribution >= 4 is 5.97 Å². The van der Waals surface area contributed by atoms with Crippen molar-refractivity contribution in [2.45, 2.75) is 32.8 Å². The summed E-state index contributed by atoms with van der Waals surface area (Å²) in [5.41, 5.74) is 1.08. The molecule has 2 rings (SSSR count). The molecule has 0 N–H and O–H groups in total. The van der Waals surface area contributed by atoms with E-state index < -0.39 is 0 Å². The number of aromatic nitrogens is 1. The van der Waals surface area contributed by atoms with E-state index in [4.69, 9.17) is 9.26 Å². The number of esters is 1. The van der Waals surface area contributed by atoms with Gasteiger partial charge in [-0.25, -0.2) is 4.79 Å². The third-order valence-electron chi connectivity index (χ3n) is 2.04. The molecule has 1 aromatic heterocycles. The van der Waals surface area contributed by atoms with Gasteiger partial charge in [0.2, 0.25) is 0 Å². The van der Waals surface area contributed by atoms with Crippen LogP contribution in [0.25, 0.3) is 0 Å². The molecule has 0 spiro atoms. The van der Waals surface area contributed by atoms with Crippen LogP contribution in [0.15, 0.2) is 4.52 Å². The Hall–Kier alpha value is -1.32. The molecule has 0 saturated heterocycles. The van der Waals surface area contributed by atoms with Gasteiger partial charge in [0.15, 0.2) is 0 Å². The van der Waals surface area contributed by atoms with Crippen molar-refractivity contribution < 1.29 is 14.1 Å². The SMILES string of the molecule is Cc1noc(C)c1C(=O)OC1CC1. The molecular weight excluding hydrogens is 170 g/mol. The van der Waals surface area contributed by atoms with Crippen LogP contribution in [0.3, 0.4) is 0 Å². The Morgan fingerprint density at radius 3 is 2.69 bits per heavy atom. The van der Waals surface area contributed by atoms with E-state index in [-0.39, 0.29) is 12.1 Å². The van der Waals surface area contributed by atoms with Crippen LogP contribution in [0.2, 0.25) is 0 Å². The van der Waals surface area contributed by atoms with Crippen molar-refractivity contribution in [2.75, 3.05) is 0 Å². The quantitative estimate of drug-likeness (QED) is 0.650. The third kappa shape index (κ3) is 1.56. The second kappa shape index (κ2) is 2.87. The maximum absolute atomic E-state index is 11.5. The first-order chi connectivity index (χ1) is 6.18. The van der Waals surface area contributed by atoms with E-state index in [2.05, 4.69) is 5.16 Å². The molecule has 1 aliphatic rings. The fourth-order valence-corrected chi connectivity index (χ4v) is 1.17. The van der Waals surface area contributed by atoms with E-state index in [0.29, 0.717) is 17.0 Å². The average Bonchev–Trinajstić information content (AvgIpc) is 2.79. The summed E-state index contributed by atoms with van der Waals surface area (Å²) in [5, 5.41) is 3.69. The second-order valence-corrected chi connectivity index (χ2v) is 3.30. The molecule has 0 aliphatic heterocycles. The largest absolute Gasteiger partial charge is 0.459 e. The van der Waals surface area contributed by atoms with Gasteiger partial charge >= 0.3 is 5.97 Å². The monoisotopic (exact) mass is 181 g/mol. The summed E-state index contributed by atoms with van der Waals surface area (Å²) in [6, 6.07) is 0. The van der Waals surface area contributed by atoms with Crippen molar-refractivity contribution in [3.63, 3.8) is 0 Å². The Kier molecular flexibility index (Phi) is 1.83. The van der Waals surface area contributed by atoms with Crippen LogP contribution in [-0.2, 0) is 4.74 Å². The van der Waals surface area contributed by atoms with Gasteiger partial charge in [0.05, 0.1) is 5.69 Å². The zero-order valence-electron chi connectivity index (χ0n) is 7.66. The maximum Gasteiger partial charge on any atom is 0.343 e. The molecule has 1 saturated carbocycles. The normalized spacial score (nSPS) is 15.8. The minimum Gasteiger partial charge on any atom is -0.459 e. The molecule has 0 aromatic carbocycles. The van der Waals surface area contributed by atoms with Gasteiger partial charge in [-0.15, -0.1) is 0 Å². The molecule has 1 heterocycles. The highest BCUT2D eigenvalue weighted by atomic mass is 16.6. The summed E-state index contributed by atoms with van der Waals surface area (Å²) in [4.78, 5) is 11.5. The van der Waals surface area contributed by atoms with Gasteiger partial charge in [0.25, 0.3) is 0 Å². The first-order valence-corrected chi connectivity index (χ1v) is 4.32. The van der Waals surface area contributed by atoms with Gasteiger partial charge in [-0.2, -0.15) is 0 Å². The van der Waals surface area contributed by atoms with E-state index in [9.17, 15) is 4.79 Å². The fourth-order valence-electron chi connectivity index (χ4n) is 1.17. The molecule has 1 aromatic rings. The Bertz CT molecular complexity index is 319. The summed E-state index contributed by atoms with van der Waals surface area (Å²) in [6.07, 6.45) is 2.09. The number of rotatable bonds is 2. The Balaban J connectivity index is 2.17. The first kappa shape index (κ1) is 8.29. The van der Waals surface area contributed by atoms with Gasteiger partial charge in [-0.05, 0) is 26.7 Å². The zero-order valence-corrected chi connectivity index (χ0v) is 7.66. The number of hydrogen-bond donors (Lipinski definition) is 0. The fraction of sp³-hybridized carbons (Fsp3) is 0.556. The highest BCUT2D eigenvalue weighted by Gasteiger charge is 2.29. The van der Waals surface area contributed by atoms with Gasteiger partial charge in [-0.3, -0.25) is 0 Å². The van der Waals surface area contributed by atoms with E-state index in [0.717, 1.165) is 12.8 Å². The number of nitrogens with zero attached hydrogens (tertiary/aromatic N) is 1. The highest BCUT2D eigenvalue weighted by molar-refractivity contribution is 5.91. The smallest absolute Gasteiger partial charge is 0.343 e. The van der Waals surface area contributed by atoms with Gasteiger partial charge in [0, 0.05) is 0 Å². The zero-order chi connectivity index (χ0) is 9.42. The molecule has 70 valence electrons. The van der Waals surface area contributed by atoms with Crippen LogP contribution in [0.1, 0.15) is 34.7 Å². The highest BCUT2D eigenvalue weighted by Crippen LogP contribution is 2.26. The standard InChI is InChI=1S/C9H11NO3/c1-5-8(6(2)13-10-5)9(11)12-7-3-4-7/h7H,3-4H2,1-2H3. The van der Waals surface area contributed by atoms with Crippen LogP contribution in [0.4, 0.5) is 0 Å². The second-order valence-electron chi connectivity index (χ2n) is 3.30. The van der Waals surface area contributed by atoms with E-state index in [1.807, 2.05) is 0 Å². The van der Waals surface area contributed by atoms with E-state index in [1.54, 1.807) is 13.8 Å². The molecule has 13 heavy (non-hydrogen) atoms. The predicted molar refractivity (Wildman–Crippen MR) is 44.4 cm³/mol. The first-order valence-electron chi connectivity index (χ1n) is 4.32. The van der Waals surface area contributed by atoms with Crippen LogP contribution in [-0.4, -0.2) is 17.2 Å². The van der Waals surface area contributed by atoms with Gasteiger partial charge in [0.1, 0.15) is 17.4 Å². The molecular formula is C9H11NO3. The molecule has 0 atom stereocenters. The third-order valence-corrected chi connectivity index (χ3v) is 2.04. The van der Waals surface area contributed by atoms with Crippen molar-refractivity contribution in [3.05, 3.63) is 17.0 Å². The number of carbonyl (C=O) groups is 1. The molecule has 1 aliphatic carbocycles. The number of aryl methyl sites for hydroxylation is 2. The van der Waals surface area contributed by atoms with Crippen molar-refractivity contribution in [2.24, 2.45) is 0 Å². The molecule has 0 bridgehead atoms. The van der Waals surface area contributed by atoms with Crippen molar-refractivity contribution in [1.29, 1.82) is 0 Å². The summed E-state index contributed by atoms with van der Waals surface area (Å²) in [6.45, 7) is 3.45. The molecule has 0 unspecified atom stereocenters. The molecule has 0 amide bonds. The minimum absolute atomic E-state index is 0.126. The summed E-state index contributed by atoms with van der Waals surface area (Å²) < 4.78 is 10.00. The van der Waals surface area contributed by atoms with Crippen LogP contribution < -0.4 is 0 Å². The van der Waals surface area contributed by atoms with Crippen molar-refractivity contribution in [1.82, 2.24) is 5.16 Å². The van der Waals surface area contributed by atoms with Crippen molar-refractivity contribution in [3.8, 4) is 0 Å². The summed E-state index contributed by atoms with van der Waals surface area (Å²) in [5.74, 6) is 0.224. The topological polar surface area (TPSA) is 52.3 Å². The lowest BCUT2D eigenvalue weighted by Crippen LogP contribution is -2.08. The van der Waals surface area contributed by atoms with Crippen LogP contribution in [0, 0.1) is 13.8 Å². The van der Waals surface area contributed by atoms with Gasteiger partial charge < -0.3 is 9.26 Å². The molecule has 1 fully saturated rings. The molecule has 4 heteroatoms. The summed E-state index contributed by atoms with van der Waals surface area (Å²) >= 11 is 0. The Morgan fingerprint density at radius 2 is 2.23 bits per heavy atom. The Morgan fingerprint density at radius 1 is 1.54 bits per heavy atom. The number of hydrogen-bond acceptors (Lipinski definition) is 4. The average molecular weight is 181 g/mol. The lowest BCUT2D eigenvalue weighted by atomic mass is 10.2. The van der Waals surface area contributed by atoms with Gasteiger partial charge in [-0.1, -0.05) is 5.16 Å². The predicted octanol–water partition coefficient (Wildman–Crippen LogP) is 1.61. The number of ether oxygens (including phenoxy) is 1.